The van der Waals surface area contributed by atoms with Crippen molar-refractivity contribution in [2.75, 3.05) is 6.54 Å². The first-order chi connectivity index (χ1) is 9.08. The van der Waals surface area contributed by atoms with E-state index in [1.54, 1.807) is 25.1 Å². The van der Waals surface area contributed by atoms with Crippen LogP contribution in [-0.2, 0) is 0 Å². The van der Waals surface area contributed by atoms with Gasteiger partial charge < -0.3 is 19.8 Å². The molecule has 2 heterocycles. The number of aliphatic hydroxyl groups excluding tert-OH is 1. The molecular formula is C13H14N2O4. The Morgan fingerprint density at radius 2 is 2.26 bits per heavy atom. The van der Waals surface area contributed by atoms with Crippen LogP contribution < -0.4 is 10.9 Å². The van der Waals surface area contributed by atoms with Gasteiger partial charge in [-0.05, 0) is 19.1 Å². The van der Waals surface area contributed by atoms with Gasteiger partial charge in [-0.2, -0.15) is 0 Å². The number of H-pyrrole nitrogens is 1. The molecule has 2 rings (SSSR count). The van der Waals surface area contributed by atoms with Gasteiger partial charge in [-0.15, -0.1) is 0 Å². The summed E-state index contributed by atoms with van der Waals surface area (Å²) in [6, 6.07) is 6.03. The van der Waals surface area contributed by atoms with Gasteiger partial charge in [0.15, 0.2) is 0 Å². The second-order valence-corrected chi connectivity index (χ2v) is 4.09. The summed E-state index contributed by atoms with van der Waals surface area (Å²) in [5.41, 5.74) is 0.485. The second kappa shape index (κ2) is 5.53. The first-order valence-corrected chi connectivity index (χ1v) is 5.77. The van der Waals surface area contributed by atoms with E-state index in [1.807, 2.05) is 0 Å². The average molecular weight is 262 g/mol. The number of furan rings is 1. The van der Waals surface area contributed by atoms with Crippen LogP contribution in [0.4, 0.5) is 0 Å². The van der Waals surface area contributed by atoms with Crippen LogP contribution in [0.1, 0.15) is 27.9 Å². The Labute approximate surface area is 109 Å². The van der Waals surface area contributed by atoms with E-state index in [0.717, 1.165) is 0 Å². The summed E-state index contributed by atoms with van der Waals surface area (Å²) in [6.07, 6.45) is 0.458. The van der Waals surface area contributed by atoms with Gasteiger partial charge in [-0.1, -0.05) is 6.07 Å². The van der Waals surface area contributed by atoms with Crippen LogP contribution in [0.5, 0.6) is 0 Å². The highest BCUT2D eigenvalue weighted by molar-refractivity contribution is 5.95. The van der Waals surface area contributed by atoms with Crippen LogP contribution in [0.2, 0.25) is 0 Å². The fraction of sp³-hybridized carbons (Fsp3) is 0.231. The fourth-order valence-corrected chi connectivity index (χ4v) is 1.67. The van der Waals surface area contributed by atoms with Crippen LogP contribution in [0.15, 0.2) is 39.7 Å². The highest BCUT2D eigenvalue weighted by Gasteiger charge is 2.14. The lowest BCUT2D eigenvalue weighted by molar-refractivity contribution is 0.0912. The number of rotatable bonds is 4. The molecule has 0 aromatic carbocycles. The van der Waals surface area contributed by atoms with Gasteiger partial charge in [0.05, 0.1) is 11.8 Å². The molecule has 1 unspecified atom stereocenters. The topological polar surface area (TPSA) is 95.3 Å². The van der Waals surface area contributed by atoms with Crippen molar-refractivity contribution in [1.82, 2.24) is 10.3 Å². The first kappa shape index (κ1) is 13.1. The zero-order valence-corrected chi connectivity index (χ0v) is 10.3. The van der Waals surface area contributed by atoms with Crippen molar-refractivity contribution in [2.24, 2.45) is 0 Å². The number of hydrogen-bond donors (Lipinski definition) is 3. The summed E-state index contributed by atoms with van der Waals surface area (Å²) >= 11 is 0. The molecule has 1 amide bonds. The molecule has 2 aromatic rings. The molecule has 0 radical (unpaired) electrons. The molecule has 2 aromatic heterocycles. The van der Waals surface area contributed by atoms with Crippen molar-refractivity contribution in [3.8, 4) is 0 Å². The van der Waals surface area contributed by atoms with E-state index in [-0.39, 0.29) is 18.0 Å². The lowest BCUT2D eigenvalue weighted by Crippen LogP contribution is -2.29. The quantitative estimate of drug-likeness (QED) is 0.757. The second-order valence-electron chi connectivity index (χ2n) is 4.09. The molecule has 0 bridgehead atoms. The van der Waals surface area contributed by atoms with E-state index < -0.39 is 6.10 Å². The minimum Gasteiger partial charge on any atom is -0.469 e. The van der Waals surface area contributed by atoms with Crippen molar-refractivity contribution in [3.05, 3.63) is 57.9 Å². The van der Waals surface area contributed by atoms with E-state index >= 15 is 0 Å². The number of aryl methyl sites for hydroxylation is 1. The van der Waals surface area contributed by atoms with Crippen LogP contribution >= 0.6 is 0 Å². The van der Waals surface area contributed by atoms with Crippen molar-refractivity contribution in [2.45, 2.75) is 13.0 Å². The smallest absolute Gasteiger partial charge is 0.254 e. The van der Waals surface area contributed by atoms with Gasteiger partial charge in [0.25, 0.3) is 5.91 Å². The molecule has 0 saturated heterocycles. The van der Waals surface area contributed by atoms with Crippen molar-refractivity contribution in [1.29, 1.82) is 0 Å². The van der Waals surface area contributed by atoms with Gasteiger partial charge in [0.1, 0.15) is 11.9 Å². The summed E-state index contributed by atoms with van der Waals surface area (Å²) in [4.78, 5) is 25.4. The SMILES string of the molecule is Cc1occc1C(=O)NCC(O)c1cccc(=O)[nH]1. The molecule has 19 heavy (non-hydrogen) atoms. The van der Waals surface area contributed by atoms with Crippen molar-refractivity contribution >= 4 is 5.91 Å². The number of amides is 1. The molecule has 0 aliphatic carbocycles. The summed E-state index contributed by atoms with van der Waals surface area (Å²) in [5, 5.41) is 12.4. The molecule has 0 aliphatic rings. The minimum atomic E-state index is -0.968. The minimum absolute atomic E-state index is 0.00338. The van der Waals surface area contributed by atoms with E-state index in [4.69, 9.17) is 4.42 Å². The number of hydrogen-bond acceptors (Lipinski definition) is 4. The predicted octanol–water partition coefficient (Wildman–Crippen LogP) is 0.740. The third kappa shape index (κ3) is 3.11. The Morgan fingerprint density at radius 1 is 1.47 bits per heavy atom. The molecule has 1 atom stereocenters. The van der Waals surface area contributed by atoms with Crippen LogP contribution in [-0.4, -0.2) is 22.5 Å². The first-order valence-electron chi connectivity index (χ1n) is 5.77. The number of aromatic nitrogens is 1. The Kier molecular flexibility index (Phi) is 3.82. The largest absolute Gasteiger partial charge is 0.469 e. The van der Waals surface area contributed by atoms with Gasteiger partial charge in [-0.3, -0.25) is 9.59 Å². The maximum atomic E-state index is 11.8. The highest BCUT2D eigenvalue weighted by atomic mass is 16.3. The van der Waals surface area contributed by atoms with Gasteiger partial charge in [0.2, 0.25) is 5.56 Å². The third-order valence-electron chi connectivity index (χ3n) is 2.71. The average Bonchev–Trinajstić information content (AvgIpc) is 2.82. The molecule has 0 fully saturated rings. The molecule has 6 heteroatoms. The Hall–Kier alpha value is -2.34. The molecule has 6 nitrogen and oxygen atoms in total. The van der Waals surface area contributed by atoms with E-state index in [0.29, 0.717) is 17.0 Å². The number of pyridine rings is 1. The number of carbonyl (C=O) groups excluding carboxylic acids is 1. The Bertz CT molecular complexity index is 629. The van der Waals surface area contributed by atoms with E-state index in [9.17, 15) is 14.7 Å². The monoisotopic (exact) mass is 262 g/mol. The van der Waals surface area contributed by atoms with Gasteiger partial charge in [0, 0.05) is 18.3 Å². The lowest BCUT2D eigenvalue weighted by Gasteiger charge is -2.11. The summed E-state index contributed by atoms with van der Waals surface area (Å²) < 4.78 is 5.02. The van der Waals surface area contributed by atoms with Crippen LogP contribution in [0.3, 0.4) is 0 Å². The van der Waals surface area contributed by atoms with Crippen LogP contribution in [0, 0.1) is 6.92 Å². The summed E-state index contributed by atoms with van der Waals surface area (Å²) in [7, 11) is 0. The molecule has 0 saturated carbocycles. The maximum absolute atomic E-state index is 11.8. The standard InChI is InChI=1S/C13H14N2O4/c1-8-9(5-6-19-8)13(18)14-7-11(16)10-3-2-4-12(17)15-10/h2-6,11,16H,7H2,1H3,(H,14,18)(H,15,17). The van der Waals surface area contributed by atoms with E-state index in [2.05, 4.69) is 10.3 Å². The van der Waals surface area contributed by atoms with Gasteiger partial charge in [-0.25, -0.2) is 0 Å². The number of nitrogens with one attached hydrogen (secondary N) is 2. The Balaban J connectivity index is 1.98. The zero-order chi connectivity index (χ0) is 13.8. The van der Waals surface area contributed by atoms with Crippen molar-refractivity contribution < 1.29 is 14.3 Å². The highest BCUT2D eigenvalue weighted by Crippen LogP contribution is 2.10. The normalized spacial score (nSPS) is 12.1. The maximum Gasteiger partial charge on any atom is 0.254 e. The number of carbonyl (C=O) groups is 1. The zero-order valence-electron chi connectivity index (χ0n) is 10.3. The predicted molar refractivity (Wildman–Crippen MR) is 67.8 cm³/mol. The number of aliphatic hydroxyl groups is 1. The van der Waals surface area contributed by atoms with E-state index in [1.165, 1.54) is 12.3 Å². The Morgan fingerprint density at radius 3 is 2.89 bits per heavy atom. The lowest BCUT2D eigenvalue weighted by atomic mass is 10.2. The van der Waals surface area contributed by atoms with Gasteiger partial charge >= 0.3 is 0 Å². The van der Waals surface area contributed by atoms with Crippen molar-refractivity contribution in [3.63, 3.8) is 0 Å². The molecular weight excluding hydrogens is 248 g/mol. The summed E-state index contributed by atoms with van der Waals surface area (Å²) in [6.45, 7) is 1.68. The molecule has 0 aliphatic heterocycles. The van der Waals surface area contributed by atoms with Crippen LogP contribution in [0.25, 0.3) is 0 Å². The third-order valence-corrected chi connectivity index (χ3v) is 2.71. The number of aromatic amines is 1. The molecule has 100 valence electrons. The molecule has 0 spiro atoms. The summed E-state index contributed by atoms with van der Waals surface area (Å²) in [5.74, 6) is 0.184. The molecule has 3 N–H and O–H groups in total. The fourth-order valence-electron chi connectivity index (χ4n) is 1.67.